The molecule has 3 aromatic rings. The van der Waals surface area contributed by atoms with Crippen molar-refractivity contribution in [1.82, 2.24) is 4.98 Å². The Morgan fingerprint density at radius 3 is 2.56 bits per heavy atom. The van der Waals surface area contributed by atoms with Crippen molar-refractivity contribution < 1.29 is 4.79 Å². The molecule has 0 fully saturated rings. The fourth-order valence-electron chi connectivity index (χ4n) is 2.38. The zero-order chi connectivity index (χ0) is 17.5. The summed E-state index contributed by atoms with van der Waals surface area (Å²) >= 11 is 5.92. The van der Waals surface area contributed by atoms with Crippen molar-refractivity contribution in [2.24, 2.45) is 0 Å². The molecule has 25 heavy (non-hydrogen) atoms. The average molecular weight is 352 g/mol. The van der Waals surface area contributed by atoms with Crippen molar-refractivity contribution in [3.63, 3.8) is 0 Å². The molecule has 0 aliphatic carbocycles. The predicted molar refractivity (Wildman–Crippen MR) is 102 cm³/mol. The number of anilines is 2. The molecule has 2 aromatic carbocycles. The lowest BCUT2D eigenvalue weighted by molar-refractivity contribution is 0.102. The van der Waals surface area contributed by atoms with Crippen LogP contribution in [0.5, 0.6) is 0 Å². The zero-order valence-corrected chi connectivity index (χ0v) is 14.3. The van der Waals surface area contributed by atoms with Gasteiger partial charge >= 0.3 is 0 Å². The Bertz CT molecular complexity index is 835. The topological polar surface area (TPSA) is 54.0 Å². The SMILES string of the molecule is O=C(Nc1cccc(Cl)c1)c1ccc(NCCc2ccccc2)nc1. The van der Waals surface area contributed by atoms with Crippen molar-refractivity contribution in [2.75, 3.05) is 17.2 Å². The third kappa shape index (κ3) is 5.06. The molecule has 0 aliphatic rings. The van der Waals surface area contributed by atoms with Crippen LogP contribution in [-0.2, 0) is 6.42 Å². The van der Waals surface area contributed by atoms with Gasteiger partial charge in [-0.3, -0.25) is 4.79 Å². The highest BCUT2D eigenvalue weighted by molar-refractivity contribution is 6.30. The van der Waals surface area contributed by atoms with E-state index < -0.39 is 0 Å². The number of carbonyl (C=O) groups is 1. The fourth-order valence-corrected chi connectivity index (χ4v) is 2.57. The number of hydrogen-bond donors (Lipinski definition) is 2. The number of rotatable bonds is 6. The normalized spacial score (nSPS) is 10.3. The number of halogens is 1. The highest BCUT2D eigenvalue weighted by Crippen LogP contribution is 2.16. The summed E-state index contributed by atoms with van der Waals surface area (Å²) in [5.74, 6) is 0.529. The van der Waals surface area contributed by atoms with Gasteiger partial charge in [-0.15, -0.1) is 0 Å². The second-order valence-corrected chi connectivity index (χ2v) is 6.00. The van der Waals surface area contributed by atoms with Crippen LogP contribution in [0.15, 0.2) is 72.9 Å². The highest BCUT2D eigenvalue weighted by Gasteiger charge is 2.07. The van der Waals surface area contributed by atoms with Crippen LogP contribution < -0.4 is 10.6 Å². The van der Waals surface area contributed by atoms with Gasteiger partial charge in [0, 0.05) is 23.5 Å². The van der Waals surface area contributed by atoms with Crippen molar-refractivity contribution in [1.29, 1.82) is 0 Å². The summed E-state index contributed by atoms with van der Waals surface area (Å²) in [6, 6.07) is 20.8. The molecule has 0 saturated carbocycles. The number of carbonyl (C=O) groups excluding carboxylic acids is 1. The molecular weight excluding hydrogens is 334 g/mol. The number of nitrogens with zero attached hydrogens (tertiary/aromatic N) is 1. The van der Waals surface area contributed by atoms with Gasteiger partial charge in [-0.05, 0) is 42.3 Å². The molecule has 1 amide bonds. The van der Waals surface area contributed by atoms with Gasteiger partial charge in [0.2, 0.25) is 0 Å². The molecule has 2 N–H and O–H groups in total. The Labute approximate surface area is 151 Å². The van der Waals surface area contributed by atoms with Crippen molar-refractivity contribution >= 4 is 29.0 Å². The first-order chi connectivity index (χ1) is 12.2. The van der Waals surface area contributed by atoms with Crippen LogP contribution in [0.3, 0.4) is 0 Å². The minimum atomic E-state index is -0.217. The van der Waals surface area contributed by atoms with E-state index in [0.29, 0.717) is 16.3 Å². The van der Waals surface area contributed by atoms with Gasteiger partial charge in [0.05, 0.1) is 5.56 Å². The molecule has 0 spiro atoms. The Morgan fingerprint density at radius 1 is 1.00 bits per heavy atom. The number of nitrogens with one attached hydrogen (secondary N) is 2. The van der Waals surface area contributed by atoms with Crippen LogP contribution in [0.1, 0.15) is 15.9 Å². The number of hydrogen-bond acceptors (Lipinski definition) is 3. The van der Waals surface area contributed by atoms with Crippen molar-refractivity contribution in [3.05, 3.63) is 89.1 Å². The van der Waals surface area contributed by atoms with E-state index in [1.54, 1.807) is 42.6 Å². The first-order valence-electron chi connectivity index (χ1n) is 8.01. The number of aromatic nitrogens is 1. The van der Waals surface area contributed by atoms with Gasteiger partial charge in [-0.1, -0.05) is 48.0 Å². The number of pyridine rings is 1. The molecule has 3 rings (SSSR count). The molecule has 1 aromatic heterocycles. The Hall–Kier alpha value is -2.85. The van der Waals surface area contributed by atoms with Crippen LogP contribution in [0.25, 0.3) is 0 Å². The summed E-state index contributed by atoms with van der Waals surface area (Å²) in [5.41, 5.74) is 2.42. The Balaban J connectivity index is 1.53. The minimum Gasteiger partial charge on any atom is -0.370 e. The summed E-state index contributed by atoms with van der Waals surface area (Å²) < 4.78 is 0. The Kier molecular flexibility index (Phi) is 5.65. The number of benzene rings is 2. The maximum Gasteiger partial charge on any atom is 0.257 e. The van der Waals surface area contributed by atoms with Crippen molar-refractivity contribution in [3.8, 4) is 0 Å². The quantitative estimate of drug-likeness (QED) is 0.680. The first-order valence-corrected chi connectivity index (χ1v) is 8.39. The molecule has 5 heteroatoms. The molecule has 0 saturated heterocycles. The molecule has 0 unspecified atom stereocenters. The summed E-state index contributed by atoms with van der Waals surface area (Å²) in [6.07, 6.45) is 2.48. The lowest BCUT2D eigenvalue weighted by Crippen LogP contribution is -2.13. The van der Waals surface area contributed by atoms with E-state index in [0.717, 1.165) is 18.8 Å². The van der Waals surface area contributed by atoms with Crippen LogP contribution in [0.4, 0.5) is 11.5 Å². The maximum atomic E-state index is 12.2. The standard InChI is InChI=1S/C20H18ClN3O/c21-17-7-4-8-18(13-17)24-20(25)16-9-10-19(23-14-16)22-12-11-15-5-2-1-3-6-15/h1-10,13-14H,11-12H2,(H,22,23)(H,24,25). The largest absolute Gasteiger partial charge is 0.370 e. The van der Waals surface area contributed by atoms with E-state index in [1.165, 1.54) is 5.56 Å². The second-order valence-electron chi connectivity index (χ2n) is 5.56. The van der Waals surface area contributed by atoms with E-state index in [4.69, 9.17) is 11.6 Å². The lowest BCUT2D eigenvalue weighted by Gasteiger charge is -2.08. The van der Waals surface area contributed by atoms with Gasteiger partial charge in [0.1, 0.15) is 5.82 Å². The molecule has 126 valence electrons. The molecule has 0 radical (unpaired) electrons. The summed E-state index contributed by atoms with van der Waals surface area (Å²) in [4.78, 5) is 16.5. The van der Waals surface area contributed by atoms with Gasteiger partial charge < -0.3 is 10.6 Å². The van der Waals surface area contributed by atoms with E-state index in [2.05, 4.69) is 27.8 Å². The van der Waals surface area contributed by atoms with Gasteiger partial charge in [-0.2, -0.15) is 0 Å². The molecule has 1 heterocycles. The fraction of sp³-hybridized carbons (Fsp3) is 0.100. The van der Waals surface area contributed by atoms with Gasteiger partial charge in [-0.25, -0.2) is 4.98 Å². The Morgan fingerprint density at radius 2 is 1.84 bits per heavy atom. The van der Waals surface area contributed by atoms with Crippen LogP contribution >= 0.6 is 11.6 Å². The lowest BCUT2D eigenvalue weighted by atomic mass is 10.1. The molecular formula is C20H18ClN3O. The van der Waals surface area contributed by atoms with Gasteiger partial charge in [0.25, 0.3) is 5.91 Å². The van der Waals surface area contributed by atoms with Crippen LogP contribution in [0, 0.1) is 0 Å². The van der Waals surface area contributed by atoms with Crippen LogP contribution in [-0.4, -0.2) is 17.4 Å². The van der Waals surface area contributed by atoms with E-state index in [1.807, 2.05) is 18.2 Å². The molecule has 0 atom stereocenters. The first kappa shape index (κ1) is 17.0. The van der Waals surface area contributed by atoms with Crippen molar-refractivity contribution in [2.45, 2.75) is 6.42 Å². The molecule has 0 bridgehead atoms. The van der Waals surface area contributed by atoms with E-state index in [-0.39, 0.29) is 5.91 Å². The maximum absolute atomic E-state index is 12.2. The zero-order valence-electron chi connectivity index (χ0n) is 13.6. The monoisotopic (exact) mass is 351 g/mol. The summed E-state index contributed by atoms with van der Waals surface area (Å²) in [5, 5.41) is 6.63. The highest BCUT2D eigenvalue weighted by atomic mass is 35.5. The van der Waals surface area contributed by atoms with E-state index >= 15 is 0 Å². The van der Waals surface area contributed by atoms with E-state index in [9.17, 15) is 4.79 Å². The molecule has 0 aliphatic heterocycles. The minimum absolute atomic E-state index is 0.217. The predicted octanol–water partition coefficient (Wildman–Crippen LogP) is 4.64. The van der Waals surface area contributed by atoms with Crippen LogP contribution in [0.2, 0.25) is 5.02 Å². The summed E-state index contributed by atoms with van der Waals surface area (Å²) in [6.45, 7) is 0.783. The summed E-state index contributed by atoms with van der Waals surface area (Å²) in [7, 11) is 0. The smallest absolute Gasteiger partial charge is 0.257 e. The third-order valence-electron chi connectivity index (χ3n) is 3.67. The second kappa shape index (κ2) is 8.31. The third-order valence-corrected chi connectivity index (χ3v) is 3.91. The average Bonchev–Trinajstić information content (AvgIpc) is 2.63. The molecule has 4 nitrogen and oxygen atoms in total. The van der Waals surface area contributed by atoms with Gasteiger partial charge in [0.15, 0.2) is 0 Å². The number of amides is 1.